The van der Waals surface area contributed by atoms with Crippen LogP contribution >= 0.6 is 23.2 Å². The quantitative estimate of drug-likeness (QED) is 0.822. The Hall–Kier alpha value is -1.72. The number of amides is 2. The molecule has 2 N–H and O–H groups in total. The van der Waals surface area contributed by atoms with E-state index in [1.54, 1.807) is 24.3 Å². The summed E-state index contributed by atoms with van der Waals surface area (Å²) in [6, 6.07) is 6.18. The Bertz CT molecular complexity index is 662. The summed E-state index contributed by atoms with van der Waals surface area (Å²) in [6.45, 7) is 5.97. The largest absolute Gasteiger partial charge is 0.359 e. The standard InChI is InChI=1S/C14H15Cl2N3O2/c1-14(2,3)10-7-11(19-21-10)18-13(20)17-9-6-4-5-8(15)12(9)16/h4-7H,1-3H3,(H2,17,18,19,20). The van der Waals surface area contributed by atoms with Crippen molar-refractivity contribution in [2.75, 3.05) is 10.6 Å². The van der Waals surface area contributed by atoms with Gasteiger partial charge in [0.2, 0.25) is 0 Å². The summed E-state index contributed by atoms with van der Waals surface area (Å²) < 4.78 is 5.18. The lowest BCUT2D eigenvalue weighted by Crippen LogP contribution is -2.19. The number of halogens is 2. The molecule has 0 aliphatic rings. The molecule has 7 heteroatoms. The average molecular weight is 328 g/mol. The van der Waals surface area contributed by atoms with Crippen LogP contribution in [0.4, 0.5) is 16.3 Å². The second-order valence-electron chi connectivity index (χ2n) is 5.51. The number of benzene rings is 1. The number of carbonyl (C=O) groups excluding carboxylic acids is 1. The number of urea groups is 1. The van der Waals surface area contributed by atoms with Gasteiger partial charge < -0.3 is 9.84 Å². The van der Waals surface area contributed by atoms with Gasteiger partial charge in [-0.15, -0.1) is 0 Å². The molecule has 0 aliphatic carbocycles. The third kappa shape index (κ3) is 3.89. The van der Waals surface area contributed by atoms with Gasteiger partial charge in [0.15, 0.2) is 5.82 Å². The van der Waals surface area contributed by atoms with E-state index in [9.17, 15) is 4.79 Å². The van der Waals surface area contributed by atoms with Crippen molar-refractivity contribution in [1.82, 2.24) is 5.16 Å². The third-order valence-corrected chi connectivity index (χ3v) is 3.51. The van der Waals surface area contributed by atoms with Crippen LogP contribution in [-0.4, -0.2) is 11.2 Å². The Morgan fingerprint density at radius 2 is 1.95 bits per heavy atom. The van der Waals surface area contributed by atoms with Crippen molar-refractivity contribution in [3.63, 3.8) is 0 Å². The topological polar surface area (TPSA) is 67.2 Å². The molecule has 1 aromatic carbocycles. The van der Waals surface area contributed by atoms with Crippen molar-refractivity contribution in [3.8, 4) is 0 Å². The van der Waals surface area contributed by atoms with Gasteiger partial charge in [-0.05, 0) is 12.1 Å². The molecule has 0 fully saturated rings. The molecule has 0 unspecified atom stereocenters. The van der Waals surface area contributed by atoms with E-state index in [0.29, 0.717) is 22.3 Å². The van der Waals surface area contributed by atoms with Crippen molar-refractivity contribution in [2.45, 2.75) is 26.2 Å². The monoisotopic (exact) mass is 327 g/mol. The van der Waals surface area contributed by atoms with Gasteiger partial charge in [-0.25, -0.2) is 4.79 Å². The summed E-state index contributed by atoms with van der Waals surface area (Å²) >= 11 is 11.9. The fraction of sp³-hybridized carbons (Fsp3) is 0.286. The van der Waals surface area contributed by atoms with Crippen LogP contribution < -0.4 is 10.6 Å². The lowest BCUT2D eigenvalue weighted by molar-refractivity contribution is 0.262. The Labute approximate surface area is 132 Å². The first-order valence-corrected chi connectivity index (χ1v) is 7.02. The van der Waals surface area contributed by atoms with E-state index >= 15 is 0 Å². The van der Waals surface area contributed by atoms with Crippen molar-refractivity contribution in [2.24, 2.45) is 0 Å². The highest BCUT2D eigenvalue weighted by Gasteiger charge is 2.20. The van der Waals surface area contributed by atoms with Gasteiger partial charge in [0.25, 0.3) is 0 Å². The first-order chi connectivity index (χ1) is 9.77. The highest BCUT2D eigenvalue weighted by Crippen LogP contribution is 2.29. The van der Waals surface area contributed by atoms with E-state index in [2.05, 4.69) is 15.8 Å². The van der Waals surface area contributed by atoms with Gasteiger partial charge in [0, 0.05) is 11.5 Å². The SMILES string of the molecule is CC(C)(C)c1cc(NC(=O)Nc2cccc(Cl)c2Cl)no1. The van der Waals surface area contributed by atoms with Crippen LogP contribution in [0, 0.1) is 0 Å². The molecule has 0 saturated heterocycles. The normalized spacial score (nSPS) is 11.3. The van der Waals surface area contributed by atoms with Gasteiger partial charge in [0.05, 0.1) is 15.7 Å². The van der Waals surface area contributed by atoms with Gasteiger partial charge in [0.1, 0.15) is 5.76 Å². The molecule has 1 heterocycles. The number of anilines is 2. The molecule has 0 radical (unpaired) electrons. The molecule has 5 nitrogen and oxygen atoms in total. The number of nitrogens with zero attached hydrogens (tertiary/aromatic N) is 1. The molecule has 112 valence electrons. The number of hydrogen-bond donors (Lipinski definition) is 2. The average Bonchev–Trinajstić information content (AvgIpc) is 2.83. The molecular formula is C14H15Cl2N3O2. The summed E-state index contributed by atoms with van der Waals surface area (Å²) in [5, 5.41) is 9.62. The number of nitrogens with one attached hydrogen (secondary N) is 2. The van der Waals surface area contributed by atoms with Crippen LogP contribution in [-0.2, 0) is 5.41 Å². The first-order valence-electron chi connectivity index (χ1n) is 6.26. The Balaban J connectivity index is 2.05. The maximum Gasteiger partial charge on any atom is 0.324 e. The van der Waals surface area contributed by atoms with Crippen LogP contribution in [0.1, 0.15) is 26.5 Å². The van der Waals surface area contributed by atoms with E-state index in [4.69, 9.17) is 27.7 Å². The van der Waals surface area contributed by atoms with E-state index in [1.807, 2.05) is 20.8 Å². The fourth-order valence-electron chi connectivity index (χ4n) is 1.56. The Morgan fingerprint density at radius 1 is 1.24 bits per heavy atom. The number of rotatable bonds is 2. The summed E-state index contributed by atoms with van der Waals surface area (Å²) in [5.41, 5.74) is 0.237. The summed E-state index contributed by atoms with van der Waals surface area (Å²) in [6.07, 6.45) is 0. The molecule has 0 aliphatic heterocycles. The molecule has 2 rings (SSSR count). The number of carbonyl (C=O) groups is 1. The lowest BCUT2D eigenvalue weighted by Gasteiger charge is -2.12. The smallest absolute Gasteiger partial charge is 0.324 e. The zero-order valence-corrected chi connectivity index (χ0v) is 13.3. The van der Waals surface area contributed by atoms with Gasteiger partial charge in [-0.3, -0.25) is 5.32 Å². The first kappa shape index (κ1) is 15.7. The van der Waals surface area contributed by atoms with Crippen LogP contribution in [0.5, 0.6) is 0 Å². The van der Waals surface area contributed by atoms with Crippen LogP contribution in [0.25, 0.3) is 0 Å². The fourth-order valence-corrected chi connectivity index (χ4v) is 1.91. The molecule has 0 atom stereocenters. The minimum absolute atomic E-state index is 0.181. The maximum atomic E-state index is 11.9. The van der Waals surface area contributed by atoms with E-state index in [1.165, 1.54) is 0 Å². The zero-order valence-electron chi connectivity index (χ0n) is 11.8. The summed E-state index contributed by atoms with van der Waals surface area (Å²) in [5.74, 6) is 1.01. The second kappa shape index (κ2) is 5.95. The molecule has 0 bridgehead atoms. The highest BCUT2D eigenvalue weighted by molar-refractivity contribution is 6.44. The minimum Gasteiger partial charge on any atom is -0.359 e. The highest BCUT2D eigenvalue weighted by atomic mass is 35.5. The maximum absolute atomic E-state index is 11.9. The van der Waals surface area contributed by atoms with E-state index in [-0.39, 0.29) is 10.4 Å². The molecule has 2 aromatic rings. The molecular weight excluding hydrogens is 313 g/mol. The number of aromatic nitrogens is 1. The predicted molar refractivity (Wildman–Crippen MR) is 84.3 cm³/mol. The van der Waals surface area contributed by atoms with Crippen molar-refractivity contribution in [1.29, 1.82) is 0 Å². The van der Waals surface area contributed by atoms with Gasteiger partial charge >= 0.3 is 6.03 Å². The van der Waals surface area contributed by atoms with Crippen molar-refractivity contribution < 1.29 is 9.32 Å². The van der Waals surface area contributed by atoms with Crippen LogP contribution in [0.2, 0.25) is 10.0 Å². The van der Waals surface area contributed by atoms with Gasteiger partial charge in [-0.2, -0.15) is 0 Å². The van der Waals surface area contributed by atoms with E-state index < -0.39 is 6.03 Å². The zero-order chi connectivity index (χ0) is 15.6. The van der Waals surface area contributed by atoms with Crippen LogP contribution in [0.15, 0.2) is 28.8 Å². The Kier molecular flexibility index (Phi) is 4.44. The number of hydrogen-bond acceptors (Lipinski definition) is 3. The Morgan fingerprint density at radius 3 is 2.57 bits per heavy atom. The minimum atomic E-state index is -0.479. The summed E-state index contributed by atoms with van der Waals surface area (Å²) in [4.78, 5) is 11.9. The molecule has 2 amide bonds. The molecule has 0 saturated carbocycles. The lowest BCUT2D eigenvalue weighted by atomic mass is 9.93. The van der Waals surface area contributed by atoms with Crippen molar-refractivity contribution >= 4 is 40.7 Å². The third-order valence-electron chi connectivity index (χ3n) is 2.69. The van der Waals surface area contributed by atoms with Gasteiger partial charge in [-0.1, -0.05) is 55.2 Å². The second-order valence-corrected chi connectivity index (χ2v) is 6.29. The molecule has 21 heavy (non-hydrogen) atoms. The predicted octanol–water partition coefficient (Wildman–Crippen LogP) is 4.92. The van der Waals surface area contributed by atoms with E-state index in [0.717, 1.165) is 0 Å². The molecule has 1 aromatic heterocycles. The van der Waals surface area contributed by atoms with Crippen LogP contribution in [0.3, 0.4) is 0 Å². The van der Waals surface area contributed by atoms with Crippen molar-refractivity contribution in [3.05, 3.63) is 40.1 Å². The summed E-state index contributed by atoms with van der Waals surface area (Å²) in [7, 11) is 0. The molecule has 0 spiro atoms.